The molecular weight excluding hydrogens is 659 g/mol. The SMILES string of the molecule is CC(C)c1cc2c(-c3ccccc3)cccc2[cH-]1.CCCc1ccc(-c2ccccc2)c2cc(C)[cH-]c12.Cl.Cl.[CH3-].[CH3-].[Si]=[Zr]. The van der Waals surface area contributed by atoms with E-state index in [4.69, 9.17) is 0 Å². The van der Waals surface area contributed by atoms with Gasteiger partial charge in [-0.15, -0.1) is 93.4 Å². The fraction of sp³-hybridized carbons (Fsp3) is 0.179. The molecule has 4 heteroatoms. The number of rotatable bonds is 5. The van der Waals surface area contributed by atoms with Crippen molar-refractivity contribution in [2.24, 2.45) is 0 Å². The summed E-state index contributed by atoms with van der Waals surface area (Å²) in [5, 5.41) is 5.54. The summed E-state index contributed by atoms with van der Waals surface area (Å²) in [5.74, 6) is 0.584. The molecular formula is C39H44Cl2SiZr-4. The van der Waals surface area contributed by atoms with Crippen LogP contribution in [-0.4, -0.2) is 6.88 Å². The Labute approximate surface area is 290 Å². The third-order valence-corrected chi connectivity index (χ3v) is 7.25. The van der Waals surface area contributed by atoms with Crippen molar-refractivity contribution in [3.63, 3.8) is 0 Å². The first kappa shape index (κ1) is 40.8. The van der Waals surface area contributed by atoms with E-state index in [2.05, 4.69) is 150 Å². The molecule has 0 fully saturated rings. The maximum absolute atomic E-state index is 3.06. The predicted molar refractivity (Wildman–Crippen MR) is 196 cm³/mol. The van der Waals surface area contributed by atoms with E-state index in [1.54, 1.807) is 0 Å². The normalized spacial score (nSPS) is 9.67. The molecule has 0 heterocycles. The fourth-order valence-corrected chi connectivity index (χ4v) is 5.32. The second kappa shape index (κ2) is 19.9. The Balaban J connectivity index is 0.000000714. The Morgan fingerprint density at radius 2 is 1.23 bits per heavy atom. The van der Waals surface area contributed by atoms with Gasteiger partial charge in [0.25, 0.3) is 0 Å². The summed E-state index contributed by atoms with van der Waals surface area (Å²) in [6.45, 7) is 12.0. The molecule has 0 aliphatic rings. The van der Waals surface area contributed by atoms with E-state index < -0.39 is 0 Å². The van der Waals surface area contributed by atoms with E-state index in [0.717, 1.165) is 6.42 Å². The van der Waals surface area contributed by atoms with Crippen LogP contribution in [0.2, 0.25) is 0 Å². The van der Waals surface area contributed by atoms with Crippen molar-refractivity contribution in [3.8, 4) is 22.3 Å². The Morgan fingerprint density at radius 1 is 0.674 bits per heavy atom. The van der Waals surface area contributed by atoms with Crippen molar-refractivity contribution >= 4 is 53.2 Å². The summed E-state index contributed by atoms with van der Waals surface area (Å²) in [7, 11) is 0. The van der Waals surface area contributed by atoms with Crippen LogP contribution in [0.1, 0.15) is 49.8 Å². The molecule has 0 amide bonds. The van der Waals surface area contributed by atoms with Gasteiger partial charge >= 0.3 is 30.2 Å². The summed E-state index contributed by atoms with van der Waals surface area (Å²) < 4.78 is 0. The van der Waals surface area contributed by atoms with Gasteiger partial charge in [0, 0.05) is 0 Å². The van der Waals surface area contributed by atoms with Crippen LogP contribution in [0.4, 0.5) is 0 Å². The molecule has 0 saturated heterocycles. The Morgan fingerprint density at radius 3 is 1.77 bits per heavy atom. The summed E-state index contributed by atoms with van der Waals surface area (Å²) in [6.07, 6.45) is 2.36. The summed E-state index contributed by atoms with van der Waals surface area (Å²) in [5.41, 5.74) is 9.54. The van der Waals surface area contributed by atoms with Gasteiger partial charge in [-0.1, -0.05) is 124 Å². The Kier molecular flexibility index (Phi) is 18.9. The van der Waals surface area contributed by atoms with E-state index in [1.807, 2.05) is 0 Å². The molecule has 0 unspecified atom stereocenters. The Bertz CT molecular complexity index is 1630. The van der Waals surface area contributed by atoms with Crippen LogP contribution in [-0.2, 0) is 29.8 Å². The second-order valence-electron chi connectivity index (χ2n) is 10.4. The quantitative estimate of drug-likeness (QED) is 0.124. The zero-order chi connectivity index (χ0) is 27.8. The first-order chi connectivity index (χ1) is 19.0. The van der Waals surface area contributed by atoms with Gasteiger partial charge in [-0.05, 0) is 17.0 Å². The van der Waals surface area contributed by atoms with Gasteiger partial charge in [0.2, 0.25) is 0 Å². The predicted octanol–water partition coefficient (Wildman–Crippen LogP) is 12.2. The molecule has 0 N–H and O–H groups in total. The van der Waals surface area contributed by atoms with Crippen LogP contribution >= 0.6 is 24.8 Å². The van der Waals surface area contributed by atoms with Gasteiger partial charge in [0.05, 0.1) is 0 Å². The van der Waals surface area contributed by atoms with E-state index in [-0.39, 0.29) is 39.7 Å². The molecule has 226 valence electrons. The number of halogens is 2. The molecule has 0 aliphatic carbocycles. The van der Waals surface area contributed by atoms with Crippen LogP contribution in [0.5, 0.6) is 0 Å². The topological polar surface area (TPSA) is 0 Å². The van der Waals surface area contributed by atoms with Crippen molar-refractivity contribution in [1.82, 2.24) is 0 Å². The van der Waals surface area contributed by atoms with Gasteiger partial charge < -0.3 is 14.9 Å². The van der Waals surface area contributed by atoms with Crippen molar-refractivity contribution in [1.29, 1.82) is 0 Å². The van der Waals surface area contributed by atoms with Crippen LogP contribution < -0.4 is 0 Å². The van der Waals surface area contributed by atoms with Crippen LogP contribution in [0, 0.1) is 21.8 Å². The summed E-state index contributed by atoms with van der Waals surface area (Å²) in [4.78, 5) is 0. The molecule has 0 aliphatic heterocycles. The number of aryl methyl sites for hydroxylation is 2. The van der Waals surface area contributed by atoms with Gasteiger partial charge in [-0.2, -0.15) is 12.1 Å². The van der Waals surface area contributed by atoms with E-state index in [1.165, 1.54) is 90.2 Å². The fourth-order valence-electron chi connectivity index (χ4n) is 5.32. The monoisotopic (exact) mass is 700 g/mol. The number of benzene rings is 4. The van der Waals surface area contributed by atoms with Gasteiger partial charge in [-0.3, -0.25) is 0 Å². The van der Waals surface area contributed by atoms with E-state index in [0.29, 0.717) is 5.92 Å². The van der Waals surface area contributed by atoms with Crippen molar-refractivity contribution in [2.75, 3.05) is 0 Å². The number of fused-ring (bicyclic) bond motifs is 2. The standard InChI is InChI=1S/C19H19.C18H17.2CH3.2ClH.Si.Zr/c1-3-7-15-10-11-17(16-8-5-4-6-9-16)19-13-14(2)12-18(15)19;1-13(2)16-11-15-9-6-10-17(18(15)12-16)14-7-4-3-5-8-14;;;;;;/h4-6,8-13H,3,7H2,1-2H3;3-13H,1-2H3;2*1H3;2*1H;;/q4*-1;;;;. The molecule has 6 rings (SSSR count). The molecule has 2 radical (unpaired) electrons. The average molecular weight is 703 g/mol. The first-order valence-electron chi connectivity index (χ1n) is 13.8. The molecule has 0 atom stereocenters. The third kappa shape index (κ3) is 9.89. The van der Waals surface area contributed by atoms with Crippen LogP contribution in [0.15, 0.2) is 115 Å². The zero-order valence-electron chi connectivity index (χ0n) is 26.3. The average Bonchev–Trinajstić information content (AvgIpc) is 3.60. The van der Waals surface area contributed by atoms with Crippen molar-refractivity contribution < 1.29 is 23.3 Å². The molecule has 0 spiro atoms. The minimum absolute atomic E-state index is 0. The van der Waals surface area contributed by atoms with Crippen LogP contribution in [0.3, 0.4) is 0 Å². The summed E-state index contributed by atoms with van der Waals surface area (Å²) >= 11 is 1.36. The second-order valence-corrected chi connectivity index (χ2v) is 10.4. The van der Waals surface area contributed by atoms with E-state index in [9.17, 15) is 0 Å². The third-order valence-electron chi connectivity index (χ3n) is 7.25. The molecule has 43 heavy (non-hydrogen) atoms. The van der Waals surface area contributed by atoms with Crippen LogP contribution in [0.25, 0.3) is 43.8 Å². The van der Waals surface area contributed by atoms with Gasteiger partial charge in [0.1, 0.15) is 0 Å². The first-order valence-corrected chi connectivity index (χ1v) is 18.0. The van der Waals surface area contributed by atoms with Gasteiger partial charge in [0.15, 0.2) is 0 Å². The molecule has 0 saturated carbocycles. The minimum atomic E-state index is 0. The molecule has 6 aromatic carbocycles. The van der Waals surface area contributed by atoms with Crippen molar-refractivity contribution in [3.05, 3.63) is 147 Å². The van der Waals surface area contributed by atoms with E-state index >= 15 is 0 Å². The Hall–Kier alpha value is -2.22. The van der Waals surface area contributed by atoms with Gasteiger partial charge in [-0.25, -0.2) is 0 Å². The number of hydrogen-bond donors (Lipinski definition) is 0. The van der Waals surface area contributed by atoms with Crippen molar-refractivity contribution in [2.45, 2.75) is 46.5 Å². The number of hydrogen-bond acceptors (Lipinski definition) is 0. The molecule has 6 aromatic rings. The molecule has 0 aromatic heterocycles. The zero-order valence-corrected chi connectivity index (χ0v) is 31.4. The summed E-state index contributed by atoms with van der Waals surface area (Å²) in [6, 6.07) is 41.7. The molecule has 0 nitrogen and oxygen atoms in total. The molecule has 0 bridgehead atoms. The maximum atomic E-state index is 3.06.